The van der Waals surface area contributed by atoms with Crippen molar-refractivity contribution in [3.8, 4) is 17.6 Å². The smallest absolute Gasteiger partial charge is 0.294 e. The molecule has 3 amide bonds. The first kappa shape index (κ1) is 27.8. The van der Waals surface area contributed by atoms with Gasteiger partial charge in [0.25, 0.3) is 11.1 Å². The number of nitrogens with one attached hydrogen (secondary N) is 1. The Morgan fingerprint density at radius 3 is 2.59 bits per heavy atom. The van der Waals surface area contributed by atoms with E-state index >= 15 is 0 Å². The molecule has 1 N–H and O–H groups in total. The van der Waals surface area contributed by atoms with Gasteiger partial charge in [0.1, 0.15) is 13.2 Å². The monoisotopic (exact) mass is 561 g/mol. The number of anilines is 1. The first-order chi connectivity index (χ1) is 18.8. The molecule has 1 saturated heterocycles. The third-order valence-electron chi connectivity index (χ3n) is 5.88. The quantitative estimate of drug-likeness (QED) is 0.317. The molecule has 0 unspecified atom stereocenters. The van der Waals surface area contributed by atoms with Gasteiger partial charge in [-0.25, -0.2) is 0 Å². The van der Waals surface area contributed by atoms with Crippen LogP contribution in [0.15, 0.2) is 65.6 Å². The molecular weight excluding hydrogens is 538 g/mol. The summed E-state index contributed by atoms with van der Waals surface area (Å²) < 4.78 is 11.3. The van der Waals surface area contributed by atoms with Crippen LogP contribution in [0, 0.1) is 11.3 Å². The highest BCUT2D eigenvalue weighted by Crippen LogP contribution is 2.39. The molecule has 4 rings (SSSR count). The van der Waals surface area contributed by atoms with Gasteiger partial charge in [0.05, 0.1) is 28.7 Å². The Labute approximate surface area is 235 Å². The fraction of sp³-hybridized carbons (Fsp3) is 0.172. The third-order valence-corrected chi connectivity index (χ3v) is 7.07. The van der Waals surface area contributed by atoms with Crippen molar-refractivity contribution in [1.82, 2.24) is 4.90 Å². The zero-order chi connectivity index (χ0) is 27.9. The van der Waals surface area contributed by atoms with Gasteiger partial charge in [-0.15, -0.1) is 0 Å². The van der Waals surface area contributed by atoms with Crippen LogP contribution in [-0.2, 0) is 22.6 Å². The Kier molecular flexibility index (Phi) is 8.92. The summed E-state index contributed by atoms with van der Waals surface area (Å²) in [6.45, 7) is 1.73. The number of aryl methyl sites for hydroxylation is 1. The second-order valence-corrected chi connectivity index (χ2v) is 9.86. The minimum atomic E-state index is -0.579. The molecule has 0 spiro atoms. The van der Waals surface area contributed by atoms with Crippen LogP contribution in [0.5, 0.6) is 11.5 Å². The molecule has 1 aliphatic heterocycles. The van der Waals surface area contributed by atoms with Crippen molar-refractivity contribution >= 4 is 52.2 Å². The van der Waals surface area contributed by atoms with Gasteiger partial charge in [-0.1, -0.05) is 48.9 Å². The number of imide groups is 1. The van der Waals surface area contributed by atoms with E-state index in [1.165, 1.54) is 13.2 Å². The lowest BCUT2D eigenvalue weighted by Gasteiger charge is -2.14. The van der Waals surface area contributed by atoms with E-state index in [9.17, 15) is 19.6 Å². The zero-order valence-electron chi connectivity index (χ0n) is 21.2. The van der Waals surface area contributed by atoms with Gasteiger partial charge in [-0.05, 0) is 65.7 Å². The Morgan fingerprint density at radius 2 is 1.90 bits per heavy atom. The summed E-state index contributed by atoms with van der Waals surface area (Å²) in [6, 6.07) is 19.7. The molecule has 10 heteroatoms. The van der Waals surface area contributed by atoms with Gasteiger partial charge in [0.15, 0.2) is 11.5 Å². The van der Waals surface area contributed by atoms with E-state index in [0.717, 1.165) is 28.6 Å². The average Bonchev–Trinajstić information content (AvgIpc) is 3.19. The van der Waals surface area contributed by atoms with Crippen molar-refractivity contribution in [2.75, 3.05) is 19.0 Å². The summed E-state index contributed by atoms with van der Waals surface area (Å²) in [7, 11) is 1.45. The number of thioether (sulfide) groups is 1. The van der Waals surface area contributed by atoms with Gasteiger partial charge in [-0.2, -0.15) is 5.26 Å². The van der Waals surface area contributed by atoms with E-state index in [1.807, 2.05) is 25.1 Å². The van der Waals surface area contributed by atoms with Crippen LogP contribution >= 0.6 is 23.4 Å². The van der Waals surface area contributed by atoms with E-state index in [4.69, 9.17) is 21.1 Å². The first-order valence-corrected chi connectivity index (χ1v) is 13.1. The van der Waals surface area contributed by atoms with Crippen LogP contribution in [0.1, 0.15) is 29.2 Å². The van der Waals surface area contributed by atoms with Crippen molar-refractivity contribution in [2.24, 2.45) is 0 Å². The highest BCUT2D eigenvalue weighted by Gasteiger charge is 2.36. The molecule has 3 aromatic rings. The maximum atomic E-state index is 12.9. The number of carbonyl (C=O) groups excluding carboxylic acids is 3. The van der Waals surface area contributed by atoms with Crippen molar-refractivity contribution in [1.29, 1.82) is 5.26 Å². The molecule has 1 heterocycles. The zero-order valence-corrected chi connectivity index (χ0v) is 22.8. The molecule has 39 heavy (non-hydrogen) atoms. The molecule has 0 radical (unpaired) electrons. The summed E-state index contributed by atoms with van der Waals surface area (Å²) >= 11 is 7.21. The minimum absolute atomic E-state index is 0.100. The highest BCUT2D eigenvalue weighted by molar-refractivity contribution is 8.18. The molecule has 1 fully saturated rings. The summed E-state index contributed by atoms with van der Waals surface area (Å²) in [4.78, 5) is 39.0. The van der Waals surface area contributed by atoms with Crippen LogP contribution in [-0.4, -0.2) is 35.6 Å². The predicted octanol–water partition coefficient (Wildman–Crippen LogP) is 6.04. The Hall–Kier alpha value is -4.26. The summed E-state index contributed by atoms with van der Waals surface area (Å²) in [5, 5.41) is 11.7. The van der Waals surface area contributed by atoms with Crippen LogP contribution in [0.3, 0.4) is 0 Å². The number of hydrogen-bond acceptors (Lipinski definition) is 7. The Balaban J connectivity index is 1.46. The number of carbonyl (C=O) groups is 3. The first-order valence-electron chi connectivity index (χ1n) is 12.0. The van der Waals surface area contributed by atoms with Gasteiger partial charge in [-0.3, -0.25) is 19.3 Å². The maximum absolute atomic E-state index is 12.9. The molecule has 3 aromatic carbocycles. The molecule has 0 saturated carbocycles. The Morgan fingerprint density at radius 1 is 1.15 bits per heavy atom. The molecule has 198 valence electrons. The number of rotatable bonds is 9. The second kappa shape index (κ2) is 12.5. The molecule has 0 aliphatic carbocycles. The number of benzene rings is 3. The van der Waals surface area contributed by atoms with Crippen molar-refractivity contribution in [2.45, 2.75) is 20.0 Å². The van der Waals surface area contributed by atoms with E-state index in [1.54, 1.807) is 42.5 Å². The minimum Gasteiger partial charge on any atom is -0.493 e. The van der Waals surface area contributed by atoms with Crippen LogP contribution in [0.4, 0.5) is 10.5 Å². The number of methoxy groups -OCH3 is 1. The van der Waals surface area contributed by atoms with Crippen molar-refractivity contribution in [3.05, 3.63) is 92.8 Å². The molecule has 0 atom stereocenters. The van der Waals surface area contributed by atoms with Crippen molar-refractivity contribution in [3.63, 3.8) is 0 Å². The third kappa shape index (κ3) is 6.60. The van der Waals surface area contributed by atoms with E-state index in [2.05, 4.69) is 11.4 Å². The SMILES string of the molecule is CCc1ccc(NC(=O)CN2C(=O)S/C(=C\c3cc(Cl)c(OCc4ccccc4C#N)c(OC)c3)C2=O)cc1. The van der Waals surface area contributed by atoms with Crippen LogP contribution in [0.2, 0.25) is 5.02 Å². The number of nitrogens with zero attached hydrogens (tertiary/aromatic N) is 2. The van der Waals surface area contributed by atoms with Gasteiger partial charge < -0.3 is 14.8 Å². The summed E-state index contributed by atoms with van der Waals surface area (Å²) in [5.41, 5.74) is 3.40. The van der Waals surface area contributed by atoms with Gasteiger partial charge in [0.2, 0.25) is 5.91 Å². The van der Waals surface area contributed by atoms with E-state index in [0.29, 0.717) is 28.1 Å². The Bertz CT molecular complexity index is 1500. The fourth-order valence-corrected chi connectivity index (χ4v) is 4.94. The highest BCUT2D eigenvalue weighted by atomic mass is 35.5. The molecule has 8 nitrogen and oxygen atoms in total. The lowest BCUT2D eigenvalue weighted by atomic mass is 10.1. The number of ether oxygens (including phenoxy) is 2. The fourth-order valence-electron chi connectivity index (χ4n) is 3.82. The topological polar surface area (TPSA) is 109 Å². The average molecular weight is 562 g/mol. The molecule has 1 aliphatic rings. The van der Waals surface area contributed by atoms with E-state index < -0.39 is 23.6 Å². The summed E-state index contributed by atoms with van der Waals surface area (Å²) in [5.74, 6) is -0.464. The normalized spacial score (nSPS) is 13.9. The van der Waals surface area contributed by atoms with Gasteiger partial charge >= 0.3 is 0 Å². The van der Waals surface area contributed by atoms with Gasteiger partial charge in [0, 0.05) is 11.3 Å². The number of hydrogen-bond donors (Lipinski definition) is 1. The van der Waals surface area contributed by atoms with Crippen molar-refractivity contribution < 1.29 is 23.9 Å². The number of nitriles is 1. The predicted molar refractivity (Wildman–Crippen MR) is 151 cm³/mol. The number of halogens is 1. The molecule has 0 aromatic heterocycles. The largest absolute Gasteiger partial charge is 0.493 e. The lowest BCUT2D eigenvalue weighted by Crippen LogP contribution is -2.36. The number of amides is 3. The van der Waals surface area contributed by atoms with Crippen LogP contribution in [0.25, 0.3) is 6.08 Å². The van der Waals surface area contributed by atoms with E-state index in [-0.39, 0.29) is 22.3 Å². The van der Waals surface area contributed by atoms with Crippen LogP contribution < -0.4 is 14.8 Å². The standard InChI is InChI=1S/C29H24ClN3O5S/c1-3-18-8-10-22(11-9-18)32-26(34)16-33-28(35)25(39-29(33)36)14-19-12-23(30)27(24(13-19)37-2)38-17-21-7-5-4-6-20(21)15-31/h4-14H,3,16-17H2,1-2H3,(H,32,34)/b25-14-. The lowest BCUT2D eigenvalue weighted by molar-refractivity contribution is -0.127. The molecule has 0 bridgehead atoms. The maximum Gasteiger partial charge on any atom is 0.294 e. The summed E-state index contributed by atoms with van der Waals surface area (Å²) in [6.07, 6.45) is 2.39. The molecular formula is C29H24ClN3O5S. The second-order valence-electron chi connectivity index (χ2n) is 8.46.